The lowest BCUT2D eigenvalue weighted by Gasteiger charge is -2.19. The van der Waals surface area contributed by atoms with Gasteiger partial charge in [-0.1, -0.05) is 19.3 Å². The molecule has 0 aromatic carbocycles. The minimum Gasteiger partial charge on any atom is -0.273 e. The first-order valence-electron chi connectivity index (χ1n) is 6.15. The van der Waals surface area contributed by atoms with Crippen molar-refractivity contribution in [2.24, 2.45) is 11.0 Å². The number of thiophene rings is 1. The van der Waals surface area contributed by atoms with Gasteiger partial charge in [0.25, 0.3) is 0 Å². The van der Waals surface area contributed by atoms with Crippen LogP contribution in [0.3, 0.4) is 0 Å². The summed E-state index contributed by atoms with van der Waals surface area (Å²) in [5.41, 5.74) is 2.65. The van der Waals surface area contributed by atoms with Gasteiger partial charge in [-0.3, -0.25) is 4.79 Å². The van der Waals surface area contributed by atoms with Crippen LogP contribution in [-0.2, 0) is 4.79 Å². The van der Waals surface area contributed by atoms with E-state index in [2.05, 4.69) is 23.5 Å². The molecule has 3 nitrogen and oxygen atoms in total. The minimum atomic E-state index is 0.0780. The molecule has 0 radical (unpaired) electrons. The molecule has 1 saturated carbocycles. The lowest BCUT2D eigenvalue weighted by molar-refractivity contribution is -0.125. The number of hydrogen-bond acceptors (Lipinski definition) is 3. The molecule has 0 atom stereocenters. The zero-order valence-electron chi connectivity index (χ0n) is 10.1. The second-order valence-electron chi connectivity index (χ2n) is 4.52. The van der Waals surface area contributed by atoms with E-state index < -0.39 is 0 Å². The Kier molecular flexibility index (Phi) is 4.31. The quantitative estimate of drug-likeness (QED) is 0.650. The molecule has 1 aromatic heterocycles. The molecule has 0 saturated heterocycles. The average molecular weight is 250 g/mol. The first kappa shape index (κ1) is 12.3. The normalized spacial score (nSPS) is 17.5. The number of nitrogens with zero attached hydrogens (tertiary/aromatic N) is 1. The largest absolute Gasteiger partial charge is 0.273 e. The molecule has 17 heavy (non-hydrogen) atoms. The lowest BCUT2D eigenvalue weighted by Crippen LogP contribution is -2.28. The highest BCUT2D eigenvalue weighted by Gasteiger charge is 2.20. The zero-order chi connectivity index (χ0) is 12.1. The number of rotatable bonds is 3. The van der Waals surface area contributed by atoms with E-state index in [1.165, 1.54) is 24.1 Å². The van der Waals surface area contributed by atoms with E-state index in [1.54, 1.807) is 17.6 Å². The first-order chi connectivity index (χ1) is 8.25. The van der Waals surface area contributed by atoms with Gasteiger partial charge >= 0.3 is 0 Å². The summed E-state index contributed by atoms with van der Waals surface area (Å²) in [5.74, 6) is 0.250. The summed E-state index contributed by atoms with van der Waals surface area (Å²) in [6.45, 7) is 2.06. The maximum Gasteiger partial charge on any atom is 0.243 e. The van der Waals surface area contributed by atoms with Crippen molar-refractivity contribution >= 4 is 23.5 Å². The molecule has 4 heteroatoms. The van der Waals surface area contributed by atoms with Gasteiger partial charge in [0, 0.05) is 15.7 Å². The average Bonchev–Trinajstić information content (AvgIpc) is 2.76. The van der Waals surface area contributed by atoms with Crippen LogP contribution in [0.4, 0.5) is 0 Å². The fraction of sp³-hybridized carbons (Fsp3) is 0.538. The van der Waals surface area contributed by atoms with Crippen LogP contribution < -0.4 is 5.43 Å². The van der Waals surface area contributed by atoms with E-state index in [9.17, 15) is 4.79 Å². The van der Waals surface area contributed by atoms with Crippen molar-refractivity contribution in [2.75, 3.05) is 0 Å². The third-order valence-electron chi connectivity index (χ3n) is 3.10. The Balaban J connectivity index is 1.81. The van der Waals surface area contributed by atoms with Crippen LogP contribution in [0.15, 0.2) is 17.2 Å². The Bertz CT molecular complexity index is 405. The van der Waals surface area contributed by atoms with Gasteiger partial charge in [0.2, 0.25) is 5.91 Å². The van der Waals surface area contributed by atoms with Crippen LogP contribution in [0.1, 0.15) is 41.9 Å². The van der Waals surface area contributed by atoms with E-state index in [0.29, 0.717) is 0 Å². The fourth-order valence-corrected chi connectivity index (χ4v) is 2.89. The summed E-state index contributed by atoms with van der Waals surface area (Å²) in [5, 5.41) is 4.02. The summed E-state index contributed by atoms with van der Waals surface area (Å²) in [4.78, 5) is 14.1. The third kappa shape index (κ3) is 3.66. The van der Waals surface area contributed by atoms with Crippen LogP contribution in [0, 0.1) is 12.8 Å². The number of carbonyl (C=O) groups excluding carboxylic acids is 1. The number of aryl methyl sites for hydroxylation is 1. The molecule has 92 valence electrons. The lowest BCUT2D eigenvalue weighted by atomic mass is 9.89. The van der Waals surface area contributed by atoms with E-state index in [4.69, 9.17) is 0 Å². The minimum absolute atomic E-state index is 0.0780. The summed E-state index contributed by atoms with van der Waals surface area (Å²) in [6, 6.07) is 4.06. The summed E-state index contributed by atoms with van der Waals surface area (Å²) >= 11 is 1.67. The van der Waals surface area contributed by atoms with Gasteiger partial charge in [-0.15, -0.1) is 11.3 Å². The predicted molar refractivity (Wildman–Crippen MR) is 71.4 cm³/mol. The molecule has 0 bridgehead atoms. The van der Waals surface area contributed by atoms with Gasteiger partial charge in [-0.25, -0.2) is 5.43 Å². The second kappa shape index (κ2) is 5.96. The molecule has 1 aromatic rings. The number of hydrazone groups is 1. The van der Waals surface area contributed by atoms with Crippen molar-refractivity contribution < 1.29 is 4.79 Å². The SMILES string of the molecule is Cc1ccc(/C=N/NC(=O)C2CCCCC2)s1. The molecule has 1 aliphatic rings. The zero-order valence-corrected chi connectivity index (χ0v) is 10.9. The van der Waals surface area contributed by atoms with Gasteiger partial charge < -0.3 is 0 Å². The van der Waals surface area contributed by atoms with Crippen LogP contribution >= 0.6 is 11.3 Å². The topological polar surface area (TPSA) is 41.5 Å². The second-order valence-corrected chi connectivity index (χ2v) is 5.84. The third-order valence-corrected chi connectivity index (χ3v) is 4.04. The van der Waals surface area contributed by atoms with E-state index in [-0.39, 0.29) is 11.8 Å². The maximum atomic E-state index is 11.8. The van der Waals surface area contributed by atoms with E-state index in [0.717, 1.165) is 17.7 Å². The number of carbonyl (C=O) groups is 1. The Morgan fingerprint density at radius 1 is 1.41 bits per heavy atom. The van der Waals surface area contributed by atoms with Crippen molar-refractivity contribution in [1.82, 2.24) is 5.43 Å². The molecule has 0 unspecified atom stereocenters. The van der Waals surface area contributed by atoms with Crippen LogP contribution in [0.2, 0.25) is 0 Å². The van der Waals surface area contributed by atoms with Crippen LogP contribution in [0.5, 0.6) is 0 Å². The molecule has 1 heterocycles. The summed E-state index contributed by atoms with van der Waals surface area (Å²) in [6.07, 6.45) is 7.36. The number of amides is 1. The molecule has 0 spiro atoms. The van der Waals surface area contributed by atoms with E-state index >= 15 is 0 Å². The standard InChI is InChI=1S/C13H18N2OS/c1-10-7-8-12(17-10)9-14-15-13(16)11-5-3-2-4-6-11/h7-9,11H,2-6H2,1H3,(H,15,16)/b14-9+. The molecule has 1 N–H and O–H groups in total. The maximum absolute atomic E-state index is 11.8. The van der Waals surface area contributed by atoms with Crippen molar-refractivity contribution in [3.8, 4) is 0 Å². The Labute approximate surface area is 106 Å². The van der Waals surface area contributed by atoms with Gasteiger partial charge in [0.15, 0.2) is 0 Å². The molecular formula is C13H18N2OS. The van der Waals surface area contributed by atoms with Crippen LogP contribution in [-0.4, -0.2) is 12.1 Å². The number of hydrogen-bond donors (Lipinski definition) is 1. The first-order valence-corrected chi connectivity index (χ1v) is 6.97. The van der Waals surface area contributed by atoms with Gasteiger partial charge in [-0.05, 0) is 31.9 Å². The molecule has 0 aliphatic heterocycles. The summed E-state index contributed by atoms with van der Waals surface area (Å²) < 4.78 is 0. The van der Waals surface area contributed by atoms with Gasteiger partial charge in [0.1, 0.15) is 0 Å². The predicted octanol–water partition coefficient (Wildman–Crippen LogP) is 3.09. The number of nitrogens with one attached hydrogen (secondary N) is 1. The Morgan fingerprint density at radius 2 is 2.18 bits per heavy atom. The van der Waals surface area contributed by atoms with Crippen molar-refractivity contribution in [1.29, 1.82) is 0 Å². The summed E-state index contributed by atoms with van der Waals surface area (Å²) in [7, 11) is 0. The molecular weight excluding hydrogens is 232 g/mol. The van der Waals surface area contributed by atoms with E-state index in [1.807, 2.05) is 6.07 Å². The Hall–Kier alpha value is -1.16. The van der Waals surface area contributed by atoms with Crippen LogP contribution in [0.25, 0.3) is 0 Å². The van der Waals surface area contributed by atoms with Crippen molar-refractivity contribution in [2.45, 2.75) is 39.0 Å². The highest BCUT2D eigenvalue weighted by molar-refractivity contribution is 7.13. The molecule has 2 rings (SSSR count). The van der Waals surface area contributed by atoms with Crippen molar-refractivity contribution in [3.05, 3.63) is 21.9 Å². The molecule has 1 amide bonds. The highest BCUT2D eigenvalue weighted by atomic mass is 32.1. The monoisotopic (exact) mass is 250 g/mol. The Morgan fingerprint density at radius 3 is 2.82 bits per heavy atom. The van der Waals surface area contributed by atoms with Crippen molar-refractivity contribution in [3.63, 3.8) is 0 Å². The van der Waals surface area contributed by atoms with Gasteiger partial charge in [0.05, 0.1) is 6.21 Å². The van der Waals surface area contributed by atoms with Gasteiger partial charge in [-0.2, -0.15) is 5.10 Å². The fourth-order valence-electron chi connectivity index (χ4n) is 2.14. The smallest absolute Gasteiger partial charge is 0.243 e. The molecule has 1 aliphatic carbocycles. The highest BCUT2D eigenvalue weighted by Crippen LogP contribution is 2.23. The molecule has 1 fully saturated rings.